The van der Waals surface area contributed by atoms with Crippen LogP contribution in [0.1, 0.15) is 32.3 Å². The number of hydrogen-bond acceptors (Lipinski definition) is 1. The van der Waals surface area contributed by atoms with Gasteiger partial charge in [0.15, 0.2) is 0 Å². The molecule has 0 saturated heterocycles. The fourth-order valence-electron chi connectivity index (χ4n) is 1.71. The van der Waals surface area contributed by atoms with Crippen molar-refractivity contribution >= 4 is 23.2 Å². The largest absolute Gasteiger partial charge is 0.393 e. The quantitative estimate of drug-likeness (QED) is 0.836. The maximum Gasteiger partial charge on any atom is 0.0545 e. The van der Waals surface area contributed by atoms with E-state index in [4.69, 9.17) is 23.2 Å². The molecule has 90 valence electrons. The zero-order valence-electron chi connectivity index (χ0n) is 9.71. The first-order chi connectivity index (χ1) is 7.49. The van der Waals surface area contributed by atoms with Crippen LogP contribution in [0.3, 0.4) is 0 Å². The van der Waals surface area contributed by atoms with E-state index in [1.165, 1.54) is 0 Å². The predicted octanol–water partition coefficient (Wildman–Crippen LogP) is 4.33. The summed E-state index contributed by atoms with van der Waals surface area (Å²) < 4.78 is 0. The average Bonchev–Trinajstić information content (AvgIpc) is 2.15. The molecule has 1 nitrogen and oxygen atoms in total. The molecule has 1 unspecified atom stereocenters. The summed E-state index contributed by atoms with van der Waals surface area (Å²) in [5.74, 6) is 0.524. The third kappa shape index (κ3) is 4.73. The minimum Gasteiger partial charge on any atom is -0.393 e. The first kappa shape index (κ1) is 13.8. The number of rotatable bonds is 5. The van der Waals surface area contributed by atoms with Crippen LogP contribution in [0.25, 0.3) is 0 Å². The number of halogens is 2. The number of aliphatic hydroxyl groups is 1. The molecule has 1 aromatic carbocycles. The van der Waals surface area contributed by atoms with Crippen molar-refractivity contribution in [3.8, 4) is 0 Å². The highest BCUT2D eigenvalue weighted by atomic mass is 35.5. The molecule has 0 spiro atoms. The van der Waals surface area contributed by atoms with Gasteiger partial charge in [-0.25, -0.2) is 0 Å². The molecular weight excluding hydrogens is 243 g/mol. The fraction of sp³-hybridized carbons (Fsp3) is 0.538. The maximum atomic E-state index is 9.76. The highest BCUT2D eigenvalue weighted by Gasteiger charge is 2.08. The van der Waals surface area contributed by atoms with Crippen LogP contribution < -0.4 is 0 Å². The molecule has 0 aromatic heterocycles. The van der Waals surface area contributed by atoms with Crippen LogP contribution in [0.5, 0.6) is 0 Å². The summed E-state index contributed by atoms with van der Waals surface area (Å²) in [6.45, 7) is 4.22. The predicted molar refractivity (Wildman–Crippen MR) is 70.2 cm³/mol. The van der Waals surface area contributed by atoms with E-state index < -0.39 is 0 Å². The Bertz CT molecular complexity index is 337. The lowest BCUT2D eigenvalue weighted by molar-refractivity contribution is 0.140. The van der Waals surface area contributed by atoms with Crippen molar-refractivity contribution in [1.29, 1.82) is 0 Å². The Hall–Kier alpha value is -0.240. The summed E-state index contributed by atoms with van der Waals surface area (Å²) in [4.78, 5) is 0. The molecule has 1 atom stereocenters. The Morgan fingerprint density at radius 2 is 1.94 bits per heavy atom. The third-order valence-corrected chi connectivity index (χ3v) is 3.09. The van der Waals surface area contributed by atoms with Gasteiger partial charge in [0.2, 0.25) is 0 Å². The number of benzene rings is 1. The van der Waals surface area contributed by atoms with Gasteiger partial charge in [-0.3, -0.25) is 0 Å². The SMILES string of the molecule is CC(C)CC(O)CCc1ccc(Cl)cc1Cl. The normalized spacial score (nSPS) is 13.1. The molecular formula is C13H18Cl2O. The van der Waals surface area contributed by atoms with Gasteiger partial charge < -0.3 is 5.11 Å². The minimum absolute atomic E-state index is 0.244. The van der Waals surface area contributed by atoms with Crippen molar-refractivity contribution < 1.29 is 5.11 Å². The monoisotopic (exact) mass is 260 g/mol. The molecule has 0 fully saturated rings. The van der Waals surface area contributed by atoms with Crippen molar-refractivity contribution in [2.24, 2.45) is 5.92 Å². The van der Waals surface area contributed by atoms with Crippen LogP contribution in [0.2, 0.25) is 10.0 Å². The molecule has 0 aliphatic heterocycles. The molecule has 0 aliphatic rings. The van der Waals surface area contributed by atoms with Crippen LogP contribution in [-0.2, 0) is 6.42 Å². The van der Waals surface area contributed by atoms with Gasteiger partial charge in [0.05, 0.1) is 6.10 Å². The van der Waals surface area contributed by atoms with Gasteiger partial charge in [-0.1, -0.05) is 43.1 Å². The Labute approximate surface area is 107 Å². The molecule has 16 heavy (non-hydrogen) atoms. The second-order valence-electron chi connectivity index (χ2n) is 4.56. The Balaban J connectivity index is 2.48. The molecule has 1 N–H and O–H groups in total. The van der Waals surface area contributed by atoms with E-state index in [-0.39, 0.29) is 6.10 Å². The zero-order valence-corrected chi connectivity index (χ0v) is 11.2. The summed E-state index contributed by atoms with van der Waals surface area (Å²) in [5.41, 5.74) is 1.05. The van der Waals surface area contributed by atoms with Gasteiger partial charge in [0.1, 0.15) is 0 Å². The molecule has 0 amide bonds. The van der Waals surface area contributed by atoms with Crippen LogP contribution >= 0.6 is 23.2 Å². The second-order valence-corrected chi connectivity index (χ2v) is 5.40. The standard InChI is InChI=1S/C13H18Cl2O/c1-9(2)7-12(16)6-4-10-3-5-11(14)8-13(10)15/h3,5,8-9,12,16H,4,6-7H2,1-2H3. The topological polar surface area (TPSA) is 20.2 Å². The maximum absolute atomic E-state index is 9.76. The minimum atomic E-state index is -0.244. The number of hydrogen-bond donors (Lipinski definition) is 1. The van der Waals surface area contributed by atoms with Crippen molar-refractivity contribution in [1.82, 2.24) is 0 Å². The van der Waals surface area contributed by atoms with E-state index in [1.54, 1.807) is 6.07 Å². The lowest BCUT2D eigenvalue weighted by Gasteiger charge is -2.13. The molecule has 0 bridgehead atoms. The van der Waals surface area contributed by atoms with Gasteiger partial charge in [0.25, 0.3) is 0 Å². The van der Waals surface area contributed by atoms with E-state index in [0.29, 0.717) is 16.0 Å². The van der Waals surface area contributed by atoms with Crippen LogP contribution in [0.15, 0.2) is 18.2 Å². The average molecular weight is 261 g/mol. The zero-order chi connectivity index (χ0) is 12.1. The summed E-state index contributed by atoms with van der Waals surface area (Å²) in [6, 6.07) is 5.50. The fourth-order valence-corrected chi connectivity index (χ4v) is 2.21. The summed E-state index contributed by atoms with van der Waals surface area (Å²) in [6.07, 6.45) is 2.14. The van der Waals surface area contributed by atoms with Gasteiger partial charge in [-0.15, -0.1) is 0 Å². The van der Waals surface area contributed by atoms with E-state index in [9.17, 15) is 5.11 Å². The molecule has 0 saturated carbocycles. The smallest absolute Gasteiger partial charge is 0.0545 e. The molecule has 0 aliphatic carbocycles. The highest BCUT2D eigenvalue weighted by Crippen LogP contribution is 2.23. The van der Waals surface area contributed by atoms with E-state index >= 15 is 0 Å². The molecule has 0 heterocycles. The van der Waals surface area contributed by atoms with Crippen LogP contribution in [0, 0.1) is 5.92 Å². The van der Waals surface area contributed by atoms with Crippen LogP contribution in [0.4, 0.5) is 0 Å². The van der Waals surface area contributed by atoms with E-state index in [1.807, 2.05) is 12.1 Å². The van der Waals surface area contributed by atoms with E-state index in [0.717, 1.165) is 24.8 Å². The van der Waals surface area contributed by atoms with E-state index in [2.05, 4.69) is 13.8 Å². The summed E-state index contributed by atoms with van der Waals surface area (Å²) in [5, 5.41) is 11.1. The number of aliphatic hydroxyl groups excluding tert-OH is 1. The summed E-state index contributed by atoms with van der Waals surface area (Å²) in [7, 11) is 0. The third-order valence-electron chi connectivity index (χ3n) is 2.51. The molecule has 1 rings (SSSR count). The number of aryl methyl sites for hydroxylation is 1. The van der Waals surface area contributed by atoms with Gasteiger partial charge in [-0.05, 0) is 42.9 Å². The second kappa shape index (κ2) is 6.48. The molecule has 0 radical (unpaired) electrons. The summed E-state index contributed by atoms with van der Waals surface area (Å²) >= 11 is 11.9. The Kier molecular flexibility index (Phi) is 5.60. The van der Waals surface area contributed by atoms with Crippen LogP contribution in [-0.4, -0.2) is 11.2 Å². The van der Waals surface area contributed by atoms with Gasteiger partial charge in [-0.2, -0.15) is 0 Å². The highest BCUT2D eigenvalue weighted by molar-refractivity contribution is 6.35. The van der Waals surface area contributed by atoms with Crippen molar-refractivity contribution in [3.63, 3.8) is 0 Å². The molecule has 1 aromatic rings. The first-order valence-electron chi connectivity index (χ1n) is 5.61. The Morgan fingerprint density at radius 3 is 2.50 bits per heavy atom. The van der Waals surface area contributed by atoms with Crippen molar-refractivity contribution in [3.05, 3.63) is 33.8 Å². The van der Waals surface area contributed by atoms with Crippen molar-refractivity contribution in [2.75, 3.05) is 0 Å². The van der Waals surface area contributed by atoms with Crippen molar-refractivity contribution in [2.45, 2.75) is 39.2 Å². The Morgan fingerprint density at radius 1 is 1.25 bits per heavy atom. The van der Waals surface area contributed by atoms with Gasteiger partial charge in [0, 0.05) is 10.0 Å². The van der Waals surface area contributed by atoms with Gasteiger partial charge >= 0.3 is 0 Å². The first-order valence-corrected chi connectivity index (χ1v) is 6.36. The lowest BCUT2D eigenvalue weighted by Crippen LogP contribution is -2.11. The lowest BCUT2D eigenvalue weighted by atomic mass is 10.00. The molecule has 3 heteroatoms.